The second-order valence-corrected chi connectivity index (χ2v) is 12.1. The van der Waals surface area contributed by atoms with Crippen LogP contribution < -0.4 is 15.6 Å². The highest BCUT2D eigenvalue weighted by Crippen LogP contribution is 2.53. The minimum absolute atomic E-state index is 0.000776. The van der Waals surface area contributed by atoms with Crippen LogP contribution in [-0.4, -0.2) is 94.3 Å². The number of fused-ring (bicyclic) bond motifs is 3. The molecule has 11 N–H and O–H groups in total. The first-order chi connectivity index (χ1) is 24.7. The van der Waals surface area contributed by atoms with Crippen LogP contribution in [0.2, 0.25) is 0 Å². The average molecular weight is 721 g/mol. The molecule has 0 bridgehead atoms. The zero-order valence-electron chi connectivity index (χ0n) is 26.5. The number of methoxy groups -OCH3 is 1. The third-order valence-electron chi connectivity index (χ3n) is 9.05. The molecule has 17 heteroatoms. The summed E-state index contributed by atoms with van der Waals surface area (Å²) in [6, 6.07) is 7.36. The van der Waals surface area contributed by atoms with Crippen molar-refractivity contribution in [3.8, 4) is 68.4 Å². The van der Waals surface area contributed by atoms with Gasteiger partial charge in [0.15, 0.2) is 33.8 Å². The summed E-state index contributed by atoms with van der Waals surface area (Å²) in [5.74, 6) is -5.97. The predicted molar refractivity (Wildman–Crippen MR) is 178 cm³/mol. The van der Waals surface area contributed by atoms with Crippen LogP contribution in [0.3, 0.4) is 0 Å². The van der Waals surface area contributed by atoms with Crippen molar-refractivity contribution in [2.75, 3.05) is 13.7 Å². The molecule has 270 valence electrons. The summed E-state index contributed by atoms with van der Waals surface area (Å²) < 4.78 is 22.3. The fourth-order valence-corrected chi connectivity index (χ4v) is 6.44. The maximum Gasteiger partial charge on any atom is 0.208 e. The molecule has 52 heavy (non-hydrogen) atoms. The molecule has 0 unspecified atom stereocenters. The summed E-state index contributed by atoms with van der Waals surface area (Å²) in [5.41, 5.74) is -5.73. The SMILES string of the molecule is COc1cc(O)c2c(=O)c3c(O)c(-c4c(O)c([C@@H]5O[C@H](CO)[C@@H](O)[C@H](O)[C@H]5O)c(O)c5c(=O)cc(-c6ccc(O)c(O)c6)oc45)cc(O)c3oc2c1. The van der Waals surface area contributed by atoms with Crippen LogP contribution in [0.4, 0.5) is 0 Å². The van der Waals surface area contributed by atoms with Gasteiger partial charge in [-0.25, -0.2) is 0 Å². The highest BCUT2D eigenvalue weighted by Gasteiger charge is 2.47. The molecule has 1 aliphatic heterocycles. The summed E-state index contributed by atoms with van der Waals surface area (Å²) in [6.45, 7) is -0.907. The first-order valence-corrected chi connectivity index (χ1v) is 15.3. The van der Waals surface area contributed by atoms with Crippen LogP contribution in [0.25, 0.3) is 55.4 Å². The number of phenolic OH excluding ortho intramolecular Hbond substituents is 7. The van der Waals surface area contributed by atoms with Gasteiger partial charge in [-0.1, -0.05) is 0 Å². The molecule has 5 atom stereocenters. The Balaban J connectivity index is 1.62. The van der Waals surface area contributed by atoms with Gasteiger partial charge in [-0.15, -0.1) is 0 Å². The first kappa shape index (κ1) is 34.2. The molecule has 6 aromatic rings. The number of aliphatic hydroxyl groups is 4. The van der Waals surface area contributed by atoms with Gasteiger partial charge in [-0.3, -0.25) is 9.59 Å². The number of aliphatic hydroxyl groups excluding tert-OH is 4. The quantitative estimate of drug-likeness (QED) is 0.0688. The Labute approximate surface area is 288 Å². The van der Waals surface area contributed by atoms with E-state index in [4.69, 9.17) is 18.3 Å². The summed E-state index contributed by atoms with van der Waals surface area (Å²) in [4.78, 5) is 27.6. The van der Waals surface area contributed by atoms with Gasteiger partial charge < -0.3 is 74.5 Å². The maximum atomic E-state index is 13.8. The fraction of sp³-hybridized carbons (Fsp3) is 0.200. The second-order valence-electron chi connectivity index (χ2n) is 12.1. The van der Waals surface area contributed by atoms with Crippen molar-refractivity contribution in [2.45, 2.75) is 30.5 Å². The Morgan fingerprint density at radius 1 is 0.692 bits per heavy atom. The molecule has 3 heterocycles. The van der Waals surface area contributed by atoms with Crippen molar-refractivity contribution in [3.05, 3.63) is 68.5 Å². The normalized spacial score (nSPS) is 20.5. The van der Waals surface area contributed by atoms with E-state index in [0.717, 1.165) is 30.3 Å². The summed E-state index contributed by atoms with van der Waals surface area (Å²) in [6.07, 6.45) is -9.50. The Morgan fingerprint density at radius 3 is 2.10 bits per heavy atom. The predicted octanol–water partition coefficient (Wildman–Crippen LogP) is 1.85. The van der Waals surface area contributed by atoms with E-state index in [1.807, 2.05) is 0 Å². The van der Waals surface area contributed by atoms with Crippen LogP contribution in [0.15, 0.2) is 60.9 Å². The summed E-state index contributed by atoms with van der Waals surface area (Å²) >= 11 is 0. The molecule has 0 radical (unpaired) electrons. The van der Waals surface area contributed by atoms with Crippen molar-refractivity contribution in [2.24, 2.45) is 0 Å². The van der Waals surface area contributed by atoms with Crippen molar-refractivity contribution in [3.63, 3.8) is 0 Å². The second kappa shape index (κ2) is 12.2. The van der Waals surface area contributed by atoms with Gasteiger partial charge in [0.2, 0.25) is 5.43 Å². The van der Waals surface area contributed by atoms with Gasteiger partial charge in [-0.2, -0.15) is 0 Å². The first-order valence-electron chi connectivity index (χ1n) is 15.3. The third kappa shape index (κ3) is 4.98. The lowest BCUT2D eigenvalue weighted by Crippen LogP contribution is -2.55. The van der Waals surface area contributed by atoms with Gasteiger partial charge in [0.25, 0.3) is 0 Å². The Hall–Kier alpha value is -6.24. The highest BCUT2D eigenvalue weighted by molar-refractivity contribution is 6.08. The van der Waals surface area contributed by atoms with Gasteiger partial charge in [0, 0.05) is 29.3 Å². The number of ether oxygens (including phenoxy) is 2. The van der Waals surface area contributed by atoms with E-state index >= 15 is 0 Å². The minimum atomic E-state index is -2.11. The topological polar surface area (TPSA) is 301 Å². The molecule has 0 saturated carbocycles. The number of benzene rings is 4. The number of rotatable bonds is 5. The molecule has 1 aliphatic rings. The molecule has 0 amide bonds. The lowest BCUT2D eigenvalue weighted by atomic mass is 9.87. The van der Waals surface area contributed by atoms with E-state index in [9.17, 15) is 65.8 Å². The van der Waals surface area contributed by atoms with E-state index in [0.29, 0.717) is 0 Å². The standard InChI is InChI=1S/C35H28O17/c1-49-11-5-15(39)22-19(6-11)51-33-17(41)7-12(26(42)24(33)29(22)45)21-28(44)25(35-32(48)31(47)27(43)20(9-36)52-35)30(46)23-16(40)8-18(50-34(21)23)10-2-3-13(37)14(38)4-10/h2-8,20,27,31-32,35-39,41-44,46-48H,9H2,1H3/t20-,27-,31+,32-,35+/m1/s1. The monoisotopic (exact) mass is 720 g/mol. The molecule has 1 fully saturated rings. The van der Waals surface area contributed by atoms with E-state index < -0.39 is 132 Å². The fourth-order valence-electron chi connectivity index (χ4n) is 6.44. The molecule has 4 aromatic carbocycles. The van der Waals surface area contributed by atoms with Gasteiger partial charge in [0.05, 0.1) is 24.8 Å². The third-order valence-corrected chi connectivity index (χ3v) is 9.05. The maximum absolute atomic E-state index is 13.8. The van der Waals surface area contributed by atoms with Crippen molar-refractivity contribution >= 4 is 32.9 Å². The van der Waals surface area contributed by atoms with Crippen molar-refractivity contribution in [1.82, 2.24) is 0 Å². The number of hydrogen-bond acceptors (Lipinski definition) is 17. The Morgan fingerprint density at radius 2 is 1.42 bits per heavy atom. The minimum Gasteiger partial charge on any atom is -0.507 e. The molecule has 0 aliphatic carbocycles. The molecular weight excluding hydrogens is 692 g/mol. The average Bonchev–Trinajstić information content (AvgIpc) is 3.10. The van der Waals surface area contributed by atoms with Gasteiger partial charge in [-0.05, 0) is 24.3 Å². The lowest BCUT2D eigenvalue weighted by Gasteiger charge is -2.40. The van der Waals surface area contributed by atoms with Crippen molar-refractivity contribution in [1.29, 1.82) is 0 Å². The van der Waals surface area contributed by atoms with E-state index in [2.05, 4.69) is 0 Å². The van der Waals surface area contributed by atoms with E-state index in [1.165, 1.54) is 19.2 Å². The Bertz CT molecular complexity index is 2570. The van der Waals surface area contributed by atoms with Crippen LogP contribution in [0.1, 0.15) is 11.7 Å². The molecule has 17 nitrogen and oxygen atoms in total. The van der Waals surface area contributed by atoms with Gasteiger partial charge in [0.1, 0.15) is 86.8 Å². The zero-order valence-corrected chi connectivity index (χ0v) is 26.5. The lowest BCUT2D eigenvalue weighted by molar-refractivity contribution is -0.232. The smallest absolute Gasteiger partial charge is 0.208 e. The molecule has 2 aromatic heterocycles. The zero-order chi connectivity index (χ0) is 37.5. The van der Waals surface area contributed by atoms with Crippen LogP contribution in [-0.2, 0) is 4.74 Å². The van der Waals surface area contributed by atoms with E-state index in [1.54, 1.807) is 0 Å². The summed E-state index contributed by atoms with van der Waals surface area (Å²) in [7, 11) is 1.29. The molecule has 7 rings (SSSR count). The Kier molecular flexibility index (Phi) is 8.04. The number of aromatic hydroxyl groups is 7. The highest BCUT2D eigenvalue weighted by atomic mass is 16.5. The molecule has 0 spiro atoms. The molecule has 1 saturated heterocycles. The molecular formula is C35H28O17. The van der Waals surface area contributed by atoms with Crippen LogP contribution in [0.5, 0.6) is 46.0 Å². The number of phenols is 7. The van der Waals surface area contributed by atoms with Crippen LogP contribution in [0, 0.1) is 0 Å². The number of hydrogen-bond donors (Lipinski definition) is 11. The largest absolute Gasteiger partial charge is 0.507 e. The van der Waals surface area contributed by atoms with E-state index in [-0.39, 0.29) is 22.7 Å². The summed E-state index contributed by atoms with van der Waals surface area (Å²) in [5, 5.41) is 117. The van der Waals surface area contributed by atoms with Crippen LogP contribution >= 0.6 is 0 Å². The van der Waals surface area contributed by atoms with Gasteiger partial charge >= 0.3 is 0 Å². The van der Waals surface area contributed by atoms with Crippen molar-refractivity contribution < 1.29 is 74.5 Å².